The van der Waals surface area contributed by atoms with Gasteiger partial charge >= 0.3 is 0 Å². The Morgan fingerprint density at radius 3 is 2.50 bits per heavy atom. The number of hydrogen-bond donors (Lipinski definition) is 0. The van der Waals surface area contributed by atoms with Gasteiger partial charge in [0, 0.05) is 28.9 Å². The maximum absolute atomic E-state index is 4.92. The molecule has 0 atom stereocenters. The molecule has 1 aliphatic heterocycles. The van der Waals surface area contributed by atoms with Crippen LogP contribution in [0.4, 0.5) is 5.69 Å². The molecular formula is C17H18N2S. The minimum Gasteiger partial charge on any atom is -0.359 e. The first kappa shape index (κ1) is 13.3. The van der Waals surface area contributed by atoms with Crippen LogP contribution in [0.2, 0.25) is 0 Å². The molecule has 1 aliphatic rings. The minimum atomic E-state index is 1.01. The summed E-state index contributed by atoms with van der Waals surface area (Å²) in [5.41, 5.74) is 2.29. The standard InChI is InChI=1S/C17H18N2S/c1-3-12-19(2)17-13-8-4-6-10-15(13)20-16-11-7-5-9-14(16)18-17/h4-11H,3,12H2,1-2H3. The molecule has 3 heteroatoms. The molecule has 0 amide bonds. The Morgan fingerprint density at radius 1 is 1.00 bits per heavy atom. The molecule has 0 saturated heterocycles. The van der Waals surface area contributed by atoms with Gasteiger partial charge in [0.15, 0.2) is 0 Å². The summed E-state index contributed by atoms with van der Waals surface area (Å²) in [7, 11) is 2.12. The van der Waals surface area contributed by atoms with Gasteiger partial charge in [-0.1, -0.05) is 49.0 Å². The molecule has 20 heavy (non-hydrogen) atoms. The van der Waals surface area contributed by atoms with Crippen LogP contribution in [0.15, 0.2) is 63.3 Å². The highest BCUT2D eigenvalue weighted by molar-refractivity contribution is 7.99. The predicted molar refractivity (Wildman–Crippen MR) is 86.1 cm³/mol. The van der Waals surface area contributed by atoms with Crippen LogP contribution < -0.4 is 0 Å². The van der Waals surface area contributed by atoms with Gasteiger partial charge in [0.05, 0.1) is 5.69 Å². The maximum atomic E-state index is 4.92. The Labute approximate surface area is 124 Å². The fraction of sp³-hybridized carbons (Fsp3) is 0.235. The second kappa shape index (κ2) is 5.71. The van der Waals surface area contributed by atoms with E-state index >= 15 is 0 Å². The minimum absolute atomic E-state index is 1.01. The predicted octanol–water partition coefficient (Wildman–Crippen LogP) is 4.57. The van der Waals surface area contributed by atoms with Crippen LogP contribution in [0, 0.1) is 0 Å². The zero-order valence-corrected chi connectivity index (χ0v) is 12.7. The van der Waals surface area contributed by atoms with Gasteiger partial charge < -0.3 is 4.90 Å². The van der Waals surface area contributed by atoms with E-state index in [-0.39, 0.29) is 0 Å². The molecule has 2 nitrogen and oxygen atoms in total. The second-order valence-corrected chi connectivity index (χ2v) is 6.01. The van der Waals surface area contributed by atoms with Crippen LogP contribution in [0.1, 0.15) is 18.9 Å². The molecule has 3 rings (SSSR count). The van der Waals surface area contributed by atoms with Crippen molar-refractivity contribution in [2.75, 3.05) is 13.6 Å². The van der Waals surface area contributed by atoms with E-state index in [2.05, 4.69) is 67.4 Å². The molecular weight excluding hydrogens is 264 g/mol. The van der Waals surface area contributed by atoms with E-state index in [0.717, 1.165) is 24.5 Å². The Bertz CT molecular complexity index is 649. The Balaban J connectivity index is 2.16. The van der Waals surface area contributed by atoms with E-state index in [1.165, 1.54) is 15.4 Å². The number of nitrogens with zero attached hydrogens (tertiary/aromatic N) is 2. The Hall–Kier alpha value is -1.74. The van der Waals surface area contributed by atoms with Crippen molar-refractivity contribution >= 4 is 23.3 Å². The van der Waals surface area contributed by atoms with Gasteiger partial charge in [0.2, 0.25) is 0 Å². The van der Waals surface area contributed by atoms with Crippen LogP contribution in [-0.2, 0) is 0 Å². The number of para-hydroxylation sites is 1. The molecule has 2 aromatic rings. The molecule has 102 valence electrons. The van der Waals surface area contributed by atoms with Gasteiger partial charge in [0.1, 0.15) is 5.84 Å². The molecule has 1 heterocycles. The summed E-state index contributed by atoms with van der Waals surface area (Å²) in [6.45, 7) is 3.21. The first-order chi connectivity index (χ1) is 9.79. The smallest absolute Gasteiger partial charge is 0.137 e. The van der Waals surface area contributed by atoms with Crippen molar-refractivity contribution in [3.05, 3.63) is 54.1 Å². The first-order valence-electron chi connectivity index (χ1n) is 6.95. The van der Waals surface area contributed by atoms with E-state index in [9.17, 15) is 0 Å². The summed E-state index contributed by atoms with van der Waals surface area (Å²) in [5.74, 6) is 1.07. The summed E-state index contributed by atoms with van der Waals surface area (Å²) < 4.78 is 0. The van der Waals surface area contributed by atoms with Crippen molar-refractivity contribution in [1.29, 1.82) is 0 Å². The van der Waals surface area contributed by atoms with E-state index < -0.39 is 0 Å². The molecule has 0 aromatic heterocycles. The SMILES string of the molecule is CCCN(C)C1=Nc2ccccc2Sc2ccccc21. The normalized spacial score (nSPS) is 13.0. The molecule has 0 radical (unpaired) electrons. The third-order valence-electron chi connectivity index (χ3n) is 3.36. The van der Waals surface area contributed by atoms with E-state index in [1.807, 2.05) is 0 Å². The van der Waals surface area contributed by atoms with Crippen molar-refractivity contribution in [3.63, 3.8) is 0 Å². The number of amidine groups is 1. The monoisotopic (exact) mass is 282 g/mol. The summed E-state index contributed by atoms with van der Waals surface area (Å²) in [5, 5.41) is 0. The van der Waals surface area contributed by atoms with E-state index in [1.54, 1.807) is 11.8 Å². The number of rotatable bonds is 2. The Kier molecular flexibility index (Phi) is 3.79. The lowest BCUT2D eigenvalue weighted by Crippen LogP contribution is -2.28. The molecule has 0 saturated carbocycles. The highest BCUT2D eigenvalue weighted by Crippen LogP contribution is 2.40. The molecule has 0 unspecified atom stereocenters. The van der Waals surface area contributed by atoms with Crippen molar-refractivity contribution in [1.82, 2.24) is 4.90 Å². The van der Waals surface area contributed by atoms with Crippen molar-refractivity contribution < 1.29 is 0 Å². The Morgan fingerprint density at radius 2 is 1.70 bits per heavy atom. The van der Waals surface area contributed by atoms with Crippen molar-refractivity contribution in [3.8, 4) is 0 Å². The average Bonchev–Trinajstić information content (AvgIpc) is 2.64. The first-order valence-corrected chi connectivity index (χ1v) is 7.77. The summed E-state index contributed by atoms with van der Waals surface area (Å²) in [6, 6.07) is 16.9. The molecule has 0 fully saturated rings. The fourth-order valence-electron chi connectivity index (χ4n) is 2.40. The lowest BCUT2D eigenvalue weighted by Gasteiger charge is -2.21. The van der Waals surface area contributed by atoms with Crippen molar-refractivity contribution in [2.24, 2.45) is 4.99 Å². The van der Waals surface area contributed by atoms with Crippen LogP contribution in [-0.4, -0.2) is 24.3 Å². The lowest BCUT2D eigenvalue weighted by molar-refractivity contribution is 0.501. The van der Waals surface area contributed by atoms with Crippen LogP contribution in [0.3, 0.4) is 0 Å². The zero-order valence-electron chi connectivity index (χ0n) is 11.8. The van der Waals surface area contributed by atoms with Crippen LogP contribution in [0.25, 0.3) is 0 Å². The number of benzene rings is 2. The summed E-state index contributed by atoms with van der Waals surface area (Å²) in [6.07, 6.45) is 1.12. The quantitative estimate of drug-likeness (QED) is 0.801. The van der Waals surface area contributed by atoms with Gasteiger partial charge in [0.25, 0.3) is 0 Å². The third kappa shape index (κ3) is 2.46. The number of hydrogen-bond acceptors (Lipinski definition) is 3. The third-order valence-corrected chi connectivity index (χ3v) is 4.50. The van der Waals surface area contributed by atoms with Gasteiger partial charge in [-0.2, -0.15) is 0 Å². The summed E-state index contributed by atoms with van der Waals surface area (Å²) >= 11 is 1.80. The highest BCUT2D eigenvalue weighted by Gasteiger charge is 2.19. The molecule has 0 bridgehead atoms. The lowest BCUT2D eigenvalue weighted by atomic mass is 10.2. The largest absolute Gasteiger partial charge is 0.359 e. The molecule has 0 spiro atoms. The number of fused-ring (bicyclic) bond motifs is 2. The molecule has 2 aromatic carbocycles. The van der Waals surface area contributed by atoms with Crippen molar-refractivity contribution in [2.45, 2.75) is 23.1 Å². The second-order valence-electron chi connectivity index (χ2n) is 4.92. The average molecular weight is 282 g/mol. The topological polar surface area (TPSA) is 15.6 Å². The van der Waals surface area contributed by atoms with Gasteiger partial charge in [-0.05, 0) is 24.6 Å². The van der Waals surface area contributed by atoms with Gasteiger partial charge in [-0.25, -0.2) is 4.99 Å². The highest BCUT2D eigenvalue weighted by atomic mass is 32.2. The maximum Gasteiger partial charge on any atom is 0.137 e. The van der Waals surface area contributed by atoms with Gasteiger partial charge in [-0.15, -0.1) is 0 Å². The van der Waals surface area contributed by atoms with Crippen LogP contribution in [0.5, 0.6) is 0 Å². The van der Waals surface area contributed by atoms with E-state index in [0.29, 0.717) is 0 Å². The van der Waals surface area contributed by atoms with E-state index in [4.69, 9.17) is 4.99 Å². The zero-order chi connectivity index (χ0) is 13.9. The van der Waals surface area contributed by atoms with Gasteiger partial charge in [-0.3, -0.25) is 0 Å². The van der Waals surface area contributed by atoms with Crippen LogP contribution >= 0.6 is 11.8 Å². The molecule has 0 N–H and O–H groups in total. The summed E-state index contributed by atoms with van der Waals surface area (Å²) in [4.78, 5) is 9.67. The fourth-order valence-corrected chi connectivity index (χ4v) is 3.42. The number of aliphatic imine (C=N–C) groups is 1. The molecule has 0 aliphatic carbocycles.